The van der Waals surface area contributed by atoms with Gasteiger partial charge in [0.25, 0.3) is 0 Å². The molecule has 0 saturated heterocycles. The van der Waals surface area contributed by atoms with Crippen molar-refractivity contribution in [3.05, 3.63) is 0 Å². The van der Waals surface area contributed by atoms with E-state index in [1.54, 1.807) is 0 Å². The maximum atomic E-state index is 8.95. The number of nitrogens with zero attached hydrogens (tertiary/aromatic N) is 1. The van der Waals surface area contributed by atoms with Gasteiger partial charge in [-0.15, -0.1) is 0 Å². The summed E-state index contributed by atoms with van der Waals surface area (Å²) in [5, 5.41) is 12.6. The molecule has 2 fully saturated rings. The van der Waals surface area contributed by atoms with E-state index in [9.17, 15) is 0 Å². The second-order valence-corrected chi connectivity index (χ2v) is 5.71. The van der Waals surface area contributed by atoms with Crippen LogP contribution in [0.15, 0.2) is 0 Å². The minimum absolute atomic E-state index is 0.277. The van der Waals surface area contributed by atoms with E-state index in [4.69, 9.17) is 5.26 Å². The van der Waals surface area contributed by atoms with Crippen molar-refractivity contribution in [2.45, 2.75) is 58.0 Å². The zero-order valence-electron chi connectivity index (χ0n) is 9.21. The van der Waals surface area contributed by atoms with E-state index in [0.29, 0.717) is 17.5 Å². The minimum atomic E-state index is 0.277. The van der Waals surface area contributed by atoms with Crippen molar-refractivity contribution in [1.29, 1.82) is 5.26 Å². The Morgan fingerprint density at radius 1 is 1.29 bits per heavy atom. The van der Waals surface area contributed by atoms with E-state index in [-0.39, 0.29) is 5.92 Å². The Morgan fingerprint density at radius 3 is 2.57 bits per heavy atom. The van der Waals surface area contributed by atoms with E-state index in [2.05, 4.69) is 25.2 Å². The van der Waals surface area contributed by atoms with Gasteiger partial charge in [0.15, 0.2) is 0 Å². The lowest BCUT2D eigenvalue weighted by Crippen LogP contribution is -2.50. The molecule has 2 aliphatic carbocycles. The van der Waals surface area contributed by atoms with Gasteiger partial charge in [-0.1, -0.05) is 20.3 Å². The third-order valence-electron chi connectivity index (χ3n) is 3.73. The summed E-state index contributed by atoms with van der Waals surface area (Å²) in [4.78, 5) is 0. The zero-order valence-corrected chi connectivity index (χ0v) is 9.21. The number of nitrogens with one attached hydrogen (secondary N) is 1. The van der Waals surface area contributed by atoms with Gasteiger partial charge >= 0.3 is 0 Å². The van der Waals surface area contributed by atoms with Crippen LogP contribution in [0.2, 0.25) is 0 Å². The van der Waals surface area contributed by atoms with Gasteiger partial charge in [-0.3, -0.25) is 0 Å². The number of hydrogen-bond donors (Lipinski definition) is 1. The molecule has 78 valence electrons. The van der Waals surface area contributed by atoms with Crippen LogP contribution < -0.4 is 5.32 Å². The molecule has 0 amide bonds. The van der Waals surface area contributed by atoms with Crippen LogP contribution in [0.1, 0.15) is 46.0 Å². The Balaban J connectivity index is 1.79. The largest absolute Gasteiger partial charge is 0.310 e. The molecule has 2 rings (SSSR count). The van der Waals surface area contributed by atoms with Crippen molar-refractivity contribution >= 4 is 0 Å². The van der Waals surface area contributed by atoms with Crippen molar-refractivity contribution in [2.24, 2.45) is 11.3 Å². The SMILES string of the molecule is CC1(C)CC(NC2CCCC2C#N)C1. The number of nitriles is 1. The molecular formula is C12H20N2. The smallest absolute Gasteiger partial charge is 0.0672 e. The topological polar surface area (TPSA) is 35.8 Å². The maximum Gasteiger partial charge on any atom is 0.0672 e. The third-order valence-corrected chi connectivity index (χ3v) is 3.73. The van der Waals surface area contributed by atoms with Crippen molar-refractivity contribution in [2.75, 3.05) is 0 Å². The fourth-order valence-electron chi connectivity index (χ4n) is 3.01. The Bertz CT molecular complexity index is 244. The van der Waals surface area contributed by atoms with Crippen molar-refractivity contribution in [1.82, 2.24) is 5.32 Å². The Labute approximate surface area is 86.7 Å². The molecule has 2 nitrogen and oxygen atoms in total. The van der Waals surface area contributed by atoms with Crippen LogP contribution in [0.4, 0.5) is 0 Å². The van der Waals surface area contributed by atoms with Crippen LogP contribution in [-0.2, 0) is 0 Å². The first kappa shape index (κ1) is 9.98. The highest BCUT2D eigenvalue weighted by Crippen LogP contribution is 2.41. The minimum Gasteiger partial charge on any atom is -0.310 e. The molecule has 2 unspecified atom stereocenters. The molecule has 1 N–H and O–H groups in total. The zero-order chi connectivity index (χ0) is 10.2. The predicted molar refractivity (Wildman–Crippen MR) is 56.7 cm³/mol. The highest BCUT2D eigenvalue weighted by atomic mass is 15.0. The summed E-state index contributed by atoms with van der Waals surface area (Å²) in [6.45, 7) is 4.64. The molecule has 0 radical (unpaired) electrons. The van der Waals surface area contributed by atoms with E-state index in [0.717, 1.165) is 6.42 Å². The first-order chi connectivity index (χ1) is 6.61. The quantitative estimate of drug-likeness (QED) is 0.729. The molecular weight excluding hydrogens is 172 g/mol. The molecule has 0 spiro atoms. The summed E-state index contributed by atoms with van der Waals surface area (Å²) in [6, 6.07) is 3.60. The van der Waals surface area contributed by atoms with Gasteiger partial charge in [0.2, 0.25) is 0 Å². The molecule has 2 atom stereocenters. The Kier molecular flexibility index (Phi) is 2.53. The monoisotopic (exact) mass is 192 g/mol. The van der Waals surface area contributed by atoms with Crippen LogP contribution in [-0.4, -0.2) is 12.1 Å². The van der Waals surface area contributed by atoms with Crippen molar-refractivity contribution < 1.29 is 0 Å². The van der Waals surface area contributed by atoms with Gasteiger partial charge in [-0.05, 0) is 31.1 Å². The second-order valence-electron chi connectivity index (χ2n) is 5.71. The molecule has 14 heavy (non-hydrogen) atoms. The first-order valence-corrected chi connectivity index (χ1v) is 5.76. The van der Waals surface area contributed by atoms with Crippen molar-refractivity contribution in [3.8, 4) is 6.07 Å². The number of rotatable bonds is 2. The van der Waals surface area contributed by atoms with E-state index >= 15 is 0 Å². The summed E-state index contributed by atoms with van der Waals surface area (Å²) in [5.41, 5.74) is 0.540. The highest BCUT2D eigenvalue weighted by Gasteiger charge is 2.38. The van der Waals surface area contributed by atoms with Crippen molar-refractivity contribution in [3.63, 3.8) is 0 Å². The van der Waals surface area contributed by atoms with Gasteiger partial charge in [0.05, 0.1) is 12.0 Å². The van der Waals surface area contributed by atoms with Gasteiger partial charge in [-0.25, -0.2) is 0 Å². The molecule has 0 aliphatic heterocycles. The van der Waals surface area contributed by atoms with Crippen LogP contribution in [0.25, 0.3) is 0 Å². The summed E-state index contributed by atoms with van der Waals surface area (Å²) in [6.07, 6.45) is 6.09. The fraction of sp³-hybridized carbons (Fsp3) is 0.917. The highest BCUT2D eigenvalue weighted by molar-refractivity contribution is 5.00. The van der Waals surface area contributed by atoms with E-state index in [1.807, 2.05) is 0 Å². The molecule has 2 heteroatoms. The normalized spacial score (nSPS) is 36.4. The fourth-order valence-corrected chi connectivity index (χ4v) is 3.01. The van der Waals surface area contributed by atoms with Gasteiger partial charge in [0, 0.05) is 12.1 Å². The maximum absolute atomic E-state index is 8.95. The van der Waals surface area contributed by atoms with E-state index < -0.39 is 0 Å². The lowest BCUT2D eigenvalue weighted by Gasteiger charge is -2.44. The van der Waals surface area contributed by atoms with Crippen LogP contribution in [0.3, 0.4) is 0 Å². The Hall–Kier alpha value is -0.550. The first-order valence-electron chi connectivity index (χ1n) is 5.76. The van der Waals surface area contributed by atoms with Gasteiger partial charge < -0.3 is 5.32 Å². The summed E-state index contributed by atoms with van der Waals surface area (Å²) < 4.78 is 0. The standard InChI is InChI=1S/C12H20N2/c1-12(2)6-10(7-12)14-11-5-3-4-9(11)8-13/h9-11,14H,3-7H2,1-2H3. The van der Waals surface area contributed by atoms with Gasteiger partial charge in [0.1, 0.15) is 0 Å². The van der Waals surface area contributed by atoms with Crippen LogP contribution in [0.5, 0.6) is 0 Å². The average molecular weight is 192 g/mol. The molecule has 0 bridgehead atoms. The molecule has 0 aromatic heterocycles. The molecule has 0 aromatic carbocycles. The molecule has 0 heterocycles. The molecule has 0 aromatic rings. The molecule has 2 saturated carbocycles. The average Bonchev–Trinajstić information content (AvgIpc) is 2.48. The van der Waals surface area contributed by atoms with Crippen LogP contribution >= 0.6 is 0 Å². The van der Waals surface area contributed by atoms with E-state index in [1.165, 1.54) is 25.7 Å². The summed E-state index contributed by atoms with van der Waals surface area (Å²) in [5.74, 6) is 0.277. The van der Waals surface area contributed by atoms with Crippen LogP contribution in [0, 0.1) is 22.7 Å². The second kappa shape index (κ2) is 3.55. The third kappa shape index (κ3) is 1.93. The lowest BCUT2D eigenvalue weighted by molar-refractivity contribution is 0.114. The Morgan fingerprint density at radius 2 is 2.00 bits per heavy atom. The summed E-state index contributed by atoms with van der Waals surface area (Å²) in [7, 11) is 0. The summed E-state index contributed by atoms with van der Waals surface area (Å²) >= 11 is 0. The molecule has 2 aliphatic rings. The lowest BCUT2D eigenvalue weighted by atomic mass is 9.68. The number of hydrogen-bond acceptors (Lipinski definition) is 2. The van der Waals surface area contributed by atoms with Gasteiger partial charge in [-0.2, -0.15) is 5.26 Å². The predicted octanol–water partition coefficient (Wildman–Crippen LogP) is 2.46.